The van der Waals surface area contributed by atoms with Crippen molar-refractivity contribution >= 4 is 23.6 Å². The molecule has 0 aromatic carbocycles. The number of thioether (sulfide) groups is 1. The van der Waals surface area contributed by atoms with Gasteiger partial charge in [-0.3, -0.25) is 14.2 Å². The summed E-state index contributed by atoms with van der Waals surface area (Å²) in [5.74, 6) is -0.953. The molecule has 1 aliphatic carbocycles. The van der Waals surface area contributed by atoms with E-state index in [1.54, 1.807) is 0 Å². The molecule has 1 amide bonds. The highest BCUT2D eigenvalue weighted by Crippen LogP contribution is 2.32. The summed E-state index contributed by atoms with van der Waals surface area (Å²) in [7, 11) is 0. The lowest BCUT2D eigenvalue weighted by molar-refractivity contribution is -0.148. The van der Waals surface area contributed by atoms with E-state index in [1.807, 2.05) is 0 Å². The molecule has 2 heterocycles. The van der Waals surface area contributed by atoms with E-state index in [0.29, 0.717) is 24.5 Å². The van der Waals surface area contributed by atoms with Crippen molar-refractivity contribution in [2.24, 2.45) is 0 Å². The van der Waals surface area contributed by atoms with Crippen LogP contribution in [0.15, 0.2) is 16.1 Å². The van der Waals surface area contributed by atoms with E-state index < -0.39 is 23.0 Å². The SMILES string of the molecule is O=C(NC1(C(=O)O)CCC1)c1cnc2n(c1=O)CCS2. The molecule has 0 radical (unpaired) electrons. The number of carboxylic acid groups (broad SMARTS) is 1. The maximum Gasteiger partial charge on any atom is 0.329 e. The van der Waals surface area contributed by atoms with Gasteiger partial charge in [0, 0.05) is 18.5 Å². The highest BCUT2D eigenvalue weighted by atomic mass is 32.2. The Morgan fingerprint density at radius 2 is 2.20 bits per heavy atom. The first kappa shape index (κ1) is 13.2. The monoisotopic (exact) mass is 295 g/mol. The van der Waals surface area contributed by atoms with Gasteiger partial charge in [0.05, 0.1) is 0 Å². The Morgan fingerprint density at radius 3 is 2.80 bits per heavy atom. The lowest BCUT2D eigenvalue weighted by atomic mass is 9.76. The minimum atomic E-state index is -1.22. The fraction of sp³-hybridized carbons (Fsp3) is 0.500. The van der Waals surface area contributed by atoms with Crippen LogP contribution in [0.25, 0.3) is 0 Å². The number of aliphatic carboxylic acids is 1. The van der Waals surface area contributed by atoms with Crippen LogP contribution in [-0.2, 0) is 11.3 Å². The molecule has 8 heteroatoms. The van der Waals surface area contributed by atoms with Gasteiger partial charge < -0.3 is 10.4 Å². The van der Waals surface area contributed by atoms with Crippen LogP contribution >= 0.6 is 11.8 Å². The average Bonchev–Trinajstić information content (AvgIpc) is 2.82. The summed E-state index contributed by atoms with van der Waals surface area (Å²) in [6, 6.07) is 0. The topological polar surface area (TPSA) is 101 Å². The van der Waals surface area contributed by atoms with E-state index in [4.69, 9.17) is 0 Å². The molecule has 20 heavy (non-hydrogen) atoms. The van der Waals surface area contributed by atoms with Crippen LogP contribution in [-0.4, -0.2) is 37.8 Å². The van der Waals surface area contributed by atoms with Crippen molar-refractivity contribution in [1.29, 1.82) is 0 Å². The summed E-state index contributed by atoms with van der Waals surface area (Å²) >= 11 is 1.46. The zero-order valence-electron chi connectivity index (χ0n) is 10.6. The molecular weight excluding hydrogens is 282 g/mol. The first-order valence-corrected chi connectivity index (χ1v) is 7.31. The Kier molecular flexibility index (Phi) is 3.04. The zero-order valence-corrected chi connectivity index (χ0v) is 11.4. The van der Waals surface area contributed by atoms with E-state index in [9.17, 15) is 19.5 Å². The van der Waals surface area contributed by atoms with Crippen LogP contribution in [0.2, 0.25) is 0 Å². The maximum atomic E-state index is 12.2. The number of carbonyl (C=O) groups excluding carboxylic acids is 1. The van der Waals surface area contributed by atoms with Gasteiger partial charge in [-0.2, -0.15) is 0 Å². The normalized spacial score (nSPS) is 19.0. The molecule has 1 fully saturated rings. The number of carboxylic acids is 1. The lowest BCUT2D eigenvalue weighted by Crippen LogP contribution is -2.59. The van der Waals surface area contributed by atoms with Gasteiger partial charge in [-0.25, -0.2) is 9.78 Å². The number of amides is 1. The fourth-order valence-corrected chi connectivity index (χ4v) is 3.29. The maximum absolute atomic E-state index is 12.2. The van der Waals surface area contributed by atoms with E-state index >= 15 is 0 Å². The van der Waals surface area contributed by atoms with Crippen LogP contribution in [0.4, 0.5) is 0 Å². The summed E-state index contributed by atoms with van der Waals surface area (Å²) < 4.78 is 1.45. The third kappa shape index (κ3) is 1.91. The standard InChI is InChI=1S/C12H13N3O4S/c16-8(14-12(10(18)19)2-1-3-12)7-6-13-11-15(9(7)17)4-5-20-11/h6H,1-5H2,(H,14,16)(H,18,19). The number of hydrogen-bond acceptors (Lipinski definition) is 5. The Bertz CT molecular complexity index is 651. The Hall–Kier alpha value is -1.83. The molecule has 1 aliphatic heterocycles. The second-order valence-electron chi connectivity index (χ2n) is 4.95. The predicted octanol–water partition coefficient (Wildman–Crippen LogP) is 0.0861. The smallest absolute Gasteiger partial charge is 0.329 e. The van der Waals surface area contributed by atoms with Gasteiger partial charge in [-0.05, 0) is 19.3 Å². The average molecular weight is 295 g/mol. The summed E-state index contributed by atoms with van der Waals surface area (Å²) in [5, 5.41) is 12.3. The minimum absolute atomic E-state index is 0.0937. The predicted molar refractivity (Wildman–Crippen MR) is 70.9 cm³/mol. The lowest BCUT2D eigenvalue weighted by Gasteiger charge is -2.38. The van der Waals surface area contributed by atoms with E-state index in [2.05, 4.69) is 10.3 Å². The molecule has 0 unspecified atom stereocenters. The molecular formula is C12H13N3O4S. The Labute approximate surface area is 118 Å². The van der Waals surface area contributed by atoms with Crippen molar-refractivity contribution in [3.8, 4) is 0 Å². The molecule has 2 aliphatic rings. The summed E-state index contributed by atoms with van der Waals surface area (Å²) in [6.45, 7) is 0.525. The number of aromatic nitrogens is 2. The third-order valence-corrected chi connectivity index (χ3v) is 4.74. The Balaban J connectivity index is 1.89. The van der Waals surface area contributed by atoms with Gasteiger partial charge in [-0.1, -0.05) is 11.8 Å². The van der Waals surface area contributed by atoms with Gasteiger partial charge in [0.25, 0.3) is 11.5 Å². The second kappa shape index (κ2) is 4.62. The molecule has 106 valence electrons. The van der Waals surface area contributed by atoms with Crippen molar-refractivity contribution in [2.45, 2.75) is 36.5 Å². The largest absolute Gasteiger partial charge is 0.480 e. The van der Waals surface area contributed by atoms with Crippen LogP contribution in [0.1, 0.15) is 29.6 Å². The number of nitrogens with one attached hydrogen (secondary N) is 1. The summed E-state index contributed by atoms with van der Waals surface area (Å²) in [5.41, 5.74) is -1.72. The van der Waals surface area contributed by atoms with E-state index in [0.717, 1.165) is 12.2 Å². The minimum Gasteiger partial charge on any atom is -0.480 e. The van der Waals surface area contributed by atoms with Gasteiger partial charge in [0.15, 0.2) is 5.16 Å². The molecule has 0 saturated heterocycles. The summed E-state index contributed by atoms with van der Waals surface area (Å²) in [6.07, 6.45) is 2.77. The molecule has 0 bridgehead atoms. The van der Waals surface area contributed by atoms with E-state index in [-0.39, 0.29) is 5.56 Å². The number of rotatable bonds is 3. The van der Waals surface area contributed by atoms with Crippen LogP contribution in [0, 0.1) is 0 Å². The second-order valence-corrected chi connectivity index (χ2v) is 6.02. The molecule has 2 N–H and O–H groups in total. The van der Waals surface area contributed by atoms with Gasteiger partial charge in [0.2, 0.25) is 0 Å². The molecule has 1 aromatic heterocycles. The van der Waals surface area contributed by atoms with Crippen molar-refractivity contribution in [1.82, 2.24) is 14.9 Å². The highest BCUT2D eigenvalue weighted by molar-refractivity contribution is 7.99. The number of fused-ring (bicyclic) bond motifs is 1. The van der Waals surface area contributed by atoms with Crippen molar-refractivity contribution in [3.05, 3.63) is 22.1 Å². The molecule has 0 atom stereocenters. The first-order chi connectivity index (χ1) is 9.53. The van der Waals surface area contributed by atoms with Crippen molar-refractivity contribution in [2.75, 3.05) is 5.75 Å². The van der Waals surface area contributed by atoms with E-state index in [1.165, 1.54) is 22.5 Å². The van der Waals surface area contributed by atoms with Crippen LogP contribution < -0.4 is 10.9 Å². The quantitative estimate of drug-likeness (QED) is 0.766. The van der Waals surface area contributed by atoms with Crippen molar-refractivity contribution < 1.29 is 14.7 Å². The molecule has 1 aromatic rings. The molecule has 0 spiro atoms. The molecule has 3 rings (SSSR count). The molecule has 1 saturated carbocycles. The molecule has 7 nitrogen and oxygen atoms in total. The Morgan fingerprint density at radius 1 is 1.45 bits per heavy atom. The number of hydrogen-bond donors (Lipinski definition) is 2. The first-order valence-electron chi connectivity index (χ1n) is 6.32. The van der Waals surface area contributed by atoms with Crippen molar-refractivity contribution in [3.63, 3.8) is 0 Å². The van der Waals surface area contributed by atoms with Gasteiger partial charge in [0.1, 0.15) is 11.1 Å². The van der Waals surface area contributed by atoms with Crippen LogP contribution in [0.3, 0.4) is 0 Å². The zero-order chi connectivity index (χ0) is 14.3. The summed E-state index contributed by atoms with van der Waals surface area (Å²) in [4.78, 5) is 39.6. The number of carbonyl (C=O) groups is 2. The highest BCUT2D eigenvalue weighted by Gasteiger charge is 2.46. The third-order valence-electron chi connectivity index (χ3n) is 3.77. The van der Waals surface area contributed by atoms with Gasteiger partial charge >= 0.3 is 5.97 Å². The van der Waals surface area contributed by atoms with Crippen LogP contribution in [0.5, 0.6) is 0 Å². The fourth-order valence-electron chi connectivity index (χ4n) is 2.38. The number of nitrogens with zero attached hydrogens (tertiary/aromatic N) is 2. The van der Waals surface area contributed by atoms with Gasteiger partial charge in [-0.15, -0.1) is 0 Å².